The van der Waals surface area contributed by atoms with Gasteiger partial charge in [0.15, 0.2) is 0 Å². The molecule has 1 amide bonds. The molecule has 2 fully saturated rings. The summed E-state index contributed by atoms with van der Waals surface area (Å²) in [6, 6.07) is 0.575. The standard InChI is InChI=1S/C16H25N3OS/c1-16(2,3)15-17-10-13(21-15)14(20)19-9-8-18-7-5-4-6-12(18)11-19/h10,12H,4-9,11H2,1-3H3. The van der Waals surface area contributed by atoms with Gasteiger partial charge in [-0.2, -0.15) is 0 Å². The van der Waals surface area contributed by atoms with Gasteiger partial charge >= 0.3 is 0 Å². The van der Waals surface area contributed by atoms with Crippen molar-refractivity contribution in [2.75, 3.05) is 26.2 Å². The number of nitrogens with zero attached hydrogens (tertiary/aromatic N) is 3. The lowest BCUT2D eigenvalue weighted by Gasteiger charge is -2.43. The van der Waals surface area contributed by atoms with Crippen LogP contribution in [0.3, 0.4) is 0 Å². The highest BCUT2D eigenvalue weighted by molar-refractivity contribution is 7.13. The van der Waals surface area contributed by atoms with E-state index in [0.717, 1.165) is 29.5 Å². The van der Waals surface area contributed by atoms with Crippen molar-refractivity contribution in [2.45, 2.75) is 51.5 Å². The molecule has 2 aliphatic heterocycles. The topological polar surface area (TPSA) is 36.4 Å². The molecule has 0 radical (unpaired) electrons. The second-order valence-corrected chi connectivity index (χ2v) is 8.25. The fourth-order valence-corrected chi connectivity index (χ4v) is 4.16. The number of amides is 1. The molecular weight excluding hydrogens is 282 g/mol. The first kappa shape index (κ1) is 15.0. The van der Waals surface area contributed by atoms with Gasteiger partial charge in [0.1, 0.15) is 4.88 Å². The minimum Gasteiger partial charge on any atom is -0.335 e. The van der Waals surface area contributed by atoms with Gasteiger partial charge in [-0.15, -0.1) is 11.3 Å². The van der Waals surface area contributed by atoms with Gasteiger partial charge in [-0.1, -0.05) is 27.2 Å². The molecule has 1 unspecified atom stereocenters. The van der Waals surface area contributed by atoms with Gasteiger partial charge in [-0.05, 0) is 19.4 Å². The molecule has 2 aliphatic rings. The van der Waals surface area contributed by atoms with E-state index in [2.05, 4.69) is 30.7 Å². The Morgan fingerprint density at radius 3 is 2.81 bits per heavy atom. The summed E-state index contributed by atoms with van der Waals surface area (Å²) in [5, 5.41) is 1.04. The van der Waals surface area contributed by atoms with E-state index in [9.17, 15) is 4.79 Å². The maximum absolute atomic E-state index is 12.7. The molecule has 0 N–H and O–H groups in total. The Balaban J connectivity index is 1.69. The summed E-state index contributed by atoms with van der Waals surface area (Å²) < 4.78 is 0. The number of hydrogen-bond acceptors (Lipinski definition) is 4. The van der Waals surface area contributed by atoms with Crippen molar-refractivity contribution < 1.29 is 4.79 Å². The van der Waals surface area contributed by atoms with Crippen LogP contribution in [0.1, 0.15) is 54.7 Å². The molecule has 21 heavy (non-hydrogen) atoms. The quantitative estimate of drug-likeness (QED) is 0.800. The highest BCUT2D eigenvalue weighted by Crippen LogP contribution is 2.28. The first-order valence-electron chi connectivity index (χ1n) is 7.95. The van der Waals surface area contributed by atoms with Crippen molar-refractivity contribution >= 4 is 17.2 Å². The second-order valence-electron chi connectivity index (χ2n) is 7.22. The van der Waals surface area contributed by atoms with E-state index in [-0.39, 0.29) is 11.3 Å². The van der Waals surface area contributed by atoms with Crippen molar-refractivity contribution in [3.8, 4) is 0 Å². The zero-order valence-electron chi connectivity index (χ0n) is 13.3. The van der Waals surface area contributed by atoms with Crippen LogP contribution in [0.2, 0.25) is 0 Å². The van der Waals surface area contributed by atoms with Crippen molar-refractivity contribution in [3.05, 3.63) is 16.1 Å². The van der Waals surface area contributed by atoms with Crippen LogP contribution in [-0.4, -0.2) is 52.9 Å². The van der Waals surface area contributed by atoms with Crippen molar-refractivity contribution in [3.63, 3.8) is 0 Å². The molecule has 1 aromatic rings. The number of fused-ring (bicyclic) bond motifs is 1. The van der Waals surface area contributed by atoms with E-state index in [1.165, 1.54) is 25.8 Å². The van der Waals surface area contributed by atoms with E-state index < -0.39 is 0 Å². The van der Waals surface area contributed by atoms with Gasteiger partial charge in [0.2, 0.25) is 0 Å². The van der Waals surface area contributed by atoms with Gasteiger partial charge in [0.05, 0.1) is 11.2 Å². The smallest absolute Gasteiger partial charge is 0.265 e. The number of aromatic nitrogens is 1. The highest BCUT2D eigenvalue weighted by atomic mass is 32.1. The molecule has 116 valence electrons. The molecule has 1 atom stereocenters. The molecule has 4 nitrogen and oxygen atoms in total. The Morgan fingerprint density at radius 2 is 2.10 bits per heavy atom. The van der Waals surface area contributed by atoms with Gasteiger partial charge < -0.3 is 4.90 Å². The normalized spacial score (nSPS) is 24.0. The van der Waals surface area contributed by atoms with Crippen LogP contribution < -0.4 is 0 Å². The molecule has 1 aromatic heterocycles. The van der Waals surface area contributed by atoms with Crippen LogP contribution in [0.15, 0.2) is 6.20 Å². The summed E-state index contributed by atoms with van der Waals surface area (Å²) in [7, 11) is 0. The second kappa shape index (κ2) is 5.69. The van der Waals surface area contributed by atoms with Crippen LogP contribution >= 0.6 is 11.3 Å². The molecule has 0 bridgehead atoms. The number of rotatable bonds is 1. The lowest BCUT2D eigenvalue weighted by molar-refractivity contribution is 0.0376. The third kappa shape index (κ3) is 3.14. The van der Waals surface area contributed by atoms with E-state index in [0.29, 0.717) is 6.04 Å². The molecule has 5 heteroatoms. The zero-order valence-corrected chi connectivity index (χ0v) is 14.1. The molecule has 2 saturated heterocycles. The Hall–Kier alpha value is -0.940. The first-order valence-corrected chi connectivity index (χ1v) is 8.76. The van der Waals surface area contributed by atoms with Crippen LogP contribution in [0.4, 0.5) is 0 Å². The van der Waals surface area contributed by atoms with E-state index in [4.69, 9.17) is 0 Å². The third-order valence-corrected chi connectivity index (χ3v) is 5.89. The van der Waals surface area contributed by atoms with E-state index >= 15 is 0 Å². The van der Waals surface area contributed by atoms with Crippen LogP contribution in [0.25, 0.3) is 0 Å². The summed E-state index contributed by atoms with van der Waals surface area (Å²) in [6.07, 6.45) is 5.62. The summed E-state index contributed by atoms with van der Waals surface area (Å²) in [5.41, 5.74) is 0.0191. The average molecular weight is 307 g/mol. The average Bonchev–Trinajstić information content (AvgIpc) is 2.96. The van der Waals surface area contributed by atoms with E-state index in [1.54, 1.807) is 17.5 Å². The van der Waals surface area contributed by atoms with Crippen LogP contribution in [-0.2, 0) is 5.41 Å². The summed E-state index contributed by atoms with van der Waals surface area (Å²) in [5.74, 6) is 0.174. The number of hydrogen-bond donors (Lipinski definition) is 0. The minimum atomic E-state index is 0.0191. The molecule has 3 rings (SSSR count). The van der Waals surface area contributed by atoms with Crippen LogP contribution in [0, 0.1) is 0 Å². The number of thiazole rings is 1. The Kier molecular flexibility index (Phi) is 4.06. The summed E-state index contributed by atoms with van der Waals surface area (Å²) in [4.78, 5) is 22.5. The lowest BCUT2D eigenvalue weighted by Crippen LogP contribution is -2.56. The monoisotopic (exact) mass is 307 g/mol. The maximum Gasteiger partial charge on any atom is 0.265 e. The van der Waals surface area contributed by atoms with Gasteiger partial charge in [0, 0.05) is 31.1 Å². The number of piperidine rings is 1. The van der Waals surface area contributed by atoms with Gasteiger partial charge in [-0.25, -0.2) is 4.98 Å². The highest BCUT2D eigenvalue weighted by Gasteiger charge is 2.32. The lowest BCUT2D eigenvalue weighted by atomic mass is 9.98. The number of piperazine rings is 1. The van der Waals surface area contributed by atoms with Crippen LogP contribution in [0.5, 0.6) is 0 Å². The fourth-order valence-electron chi connectivity index (χ4n) is 3.22. The van der Waals surface area contributed by atoms with Crippen molar-refractivity contribution in [1.82, 2.24) is 14.8 Å². The number of carbonyl (C=O) groups is 1. The van der Waals surface area contributed by atoms with Crippen molar-refractivity contribution in [1.29, 1.82) is 0 Å². The Morgan fingerprint density at radius 1 is 1.29 bits per heavy atom. The predicted octanol–water partition coefficient (Wildman–Crippen LogP) is 2.75. The third-order valence-electron chi connectivity index (χ3n) is 4.48. The summed E-state index contributed by atoms with van der Waals surface area (Å²) in [6.45, 7) is 10.4. The minimum absolute atomic E-state index is 0.0191. The molecule has 0 aromatic carbocycles. The zero-order chi connectivity index (χ0) is 15.0. The Bertz CT molecular complexity index is 520. The SMILES string of the molecule is CC(C)(C)c1ncc(C(=O)N2CCN3CCCCC3C2)s1. The molecular formula is C16H25N3OS. The fraction of sp³-hybridized carbons (Fsp3) is 0.750. The first-order chi connectivity index (χ1) is 9.95. The van der Waals surface area contributed by atoms with Crippen molar-refractivity contribution in [2.24, 2.45) is 0 Å². The summed E-state index contributed by atoms with van der Waals surface area (Å²) >= 11 is 1.56. The largest absolute Gasteiger partial charge is 0.335 e. The molecule has 0 aliphatic carbocycles. The number of carbonyl (C=O) groups excluding carboxylic acids is 1. The predicted molar refractivity (Wildman–Crippen MR) is 85.9 cm³/mol. The molecule has 3 heterocycles. The van der Waals surface area contributed by atoms with Gasteiger partial charge in [-0.3, -0.25) is 9.69 Å². The molecule has 0 saturated carbocycles. The molecule has 0 spiro atoms. The van der Waals surface area contributed by atoms with E-state index in [1.807, 2.05) is 4.90 Å². The Labute approximate surface area is 131 Å². The van der Waals surface area contributed by atoms with Gasteiger partial charge in [0.25, 0.3) is 5.91 Å². The maximum atomic E-state index is 12.7.